The van der Waals surface area contributed by atoms with Crippen LogP contribution in [0.5, 0.6) is 0 Å². The van der Waals surface area contributed by atoms with Gasteiger partial charge >= 0.3 is 5.91 Å². The monoisotopic (exact) mass is 135 g/mol. The summed E-state index contributed by atoms with van der Waals surface area (Å²) in [5.41, 5.74) is 0.565. The van der Waals surface area contributed by atoms with E-state index in [1.54, 1.807) is 0 Å². The standard InChI is InChI=1S/C4HN5O/c10-4-3-2(6-8-4)1-5-9-7-3/h1H. The Labute approximate surface area is 55.0 Å². The molecule has 1 aromatic rings. The van der Waals surface area contributed by atoms with Gasteiger partial charge in [-0.15, -0.1) is 20.4 Å². The summed E-state index contributed by atoms with van der Waals surface area (Å²) in [7, 11) is 0. The first-order valence-electron chi connectivity index (χ1n) is 2.52. The molecule has 0 saturated carbocycles. The number of hydrogen-bond donors (Lipinski definition) is 0. The van der Waals surface area contributed by atoms with E-state index in [0.717, 1.165) is 0 Å². The first-order chi connectivity index (χ1) is 4.88. The molecular weight excluding hydrogens is 134 g/mol. The van der Waals surface area contributed by atoms with Crippen LogP contribution in [0.4, 0.5) is 5.69 Å². The molecule has 6 nitrogen and oxygen atoms in total. The lowest BCUT2D eigenvalue weighted by molar-refractivity contribution is 0.0997. The molecule has 0 atom stereocenters. The SMILES string of the molecule is O=C1N=Nc2cnnnc21. The summed E-state index contributed by atoms with van der Waals surface area (Å²) >= 11 is 0. The number of aromatic nitrogens is 3. The maximum absolute atomic E-state index is 10.7. The van der Waals surface area contributed by atoms with E-state index in [1.807, 2.05) is 0 Å². The van der Waals surface area contributed by atoms with Gasteiger partial charge in [-0.3, -0.25) is 4.79 Å². The molecule has 1 amide bonds. The Morgan fingerprint density at radius 3 is 3.00 bits per heavy atom. The second-order valence-electron chi connectivity index (χ2n) is 1.67. The number of amides is 1. The van der Waals surface area contributed by atoms with Crippen LogP contribution in [0.2, 0.25) is 0 Å². The zero-order chi connectivity index (χ0) is 6.97. The lowest BCUT2D eigenvalue weighted by Crippen LogP contribution is -1.96. The molecule has 0 N–H and O–H groups in total. The summed E-state index contributed by atoms with van der Waals surface area (Å²) in [4.78, 5) is 10.7. The van der Waals surface area contributed by atoms with Crippen molar-refractivity contribution in [3.8, 4) is 0 Å². The second-order valence-corrected chi connectivity index (χ2v) is 1.67. The fraction of sp³-hybridized carbons (Fsp3) is 0. The third kappa shape index (κ3) is 0.524. The van der Waals surface area contributed by atoms with Gasteiger partial charge in [0.1, 0.15) is 5.69 Å². The van der Waals surface area contributed by atoms with Crippen LogP contribution in [-0.2, 0) is 0 Å². The molecule has 0 saturated heterocycles. The molecule has 0 aliphatic carbocycles. The van der Waals surface area contributed by atoms with Gasteiger partial charge in [-0.2, -0.15) is 0 Å². The van der Waals surface area contributed by atoms with Crippen LogP contribution in [0, 0.1) is 0 Å². The van der Waals surface area contributed by atoms with E-state index >= 15 is 0 Å². The van der Waals surface area contributed by atoms with Crippen LogP contribution in [0.3, 0.4) is 0 Å². The van der Waals surface area contributed by atoms with Crippen LogP contribution in [0.1, 0.15) is 10.5 Å². The van der Waals surface area contributed by atoms with Gasteiger partial charge in [0.05, 0.1) is 6.20 Å². The summed E-state index contributed by atoms with van der Waals surface area (Å²) in [6.45, 7) is 0. The van der Waals surface area contributed by atoms with Crippen molar-refractivity contribution in [1.29, 1.82) is 0 Å². The Balaban J connectivity index is 2.70. The highest BCUT2D eigenvalue weighted by Crippen LogP contribution is 2.21. The molecular formula is C4HN5O. The molecule has 0 spiro atoms. The van der Waals surface area contributed by atoms with E-state index in [1.165, 1.54) is 6.20 Å². The number of fused-ring (bicyclic) bond motifs is 1. The van der Waals surface area contributed by atoms with Crippen LogP contribution in [-0.4, -0.2) is 21.3 Å². The molecule has 0 fully saturated rings. The van der Waals surface area contributed by atoms with Gasteiger partial charge in [-0.25, -0.2) is 0 Å². The maximum atomic E-state index is 10.7. The minimum atomic E-state index is -0.454. The molecule has 48 valence electrons. The van der Waals surface area contributed by atoms with Crippen LogP contribution in [0.15, 0.2) is 16.4 Å². The number of carbonyl (C=O) groups is 1. The second kappa shape index (κ2) is 1.63. The Morgan fingerprint density at radius 2 is 2.20 bits per heavy atom. The van der Waals surface area contributed by atoms with Crippen molar-refractivity contribution in [2.24, 2.45) is 10.2 Å². The minimum Gasteiger partial charge on any atom is -0.263 e. The van der Waals surface area contributed by atoms with Crippen LogP contribution < -0.4 is 0 Å². The lowest BCUT2D eigenvalue weighted by Gasteiger charge is -1.84. The number of rotatable bonds is 0. The molecule has 1 aliphatic rings. The molecule has 0 radical (unpaired) electrons. The third-order valence-electron chi connectivity index (χ3n) is 1.07. The predicted molar refractivity (Wildman–Crippen MR) is 28.7 cm³/mol. The Morgan fingerprint density at radius 1 is 1.30 bits per heavy atom. The highest BCUT2D eigenvalue weighted by atomic mass is 16.2. The molecule has 2 rings (SSSR count). The highest BCUT2D eigenvalue weighted by molar-refractivity contribution is 5.99. The van der Waals surface area contributed by atoms with Crippen molar-refractivity contribution in [3.63, 3.8) is 0 Å². The number of hydrogen-bond acceptors (Lipinski definition) is 5. The Kier molecular flexibility index (Phi) is 0.830. The zero-order valence-corrected chi connectivity index (χ0v) is 4.72. The van der Waals surface area contributed by atoms with E-state index in [4.69, 9.17) is 0 Å². The number of carbonyl (C=O) groups excluding carboxylic acids is 1. The van der Waals surface area contributed by atoms with Crippen molar-refractivity contribution in [3.05, 3.63) is 11.9 Å². The summed E-state index contributed by atoms with van der Waals surface area (Å²) in [5, 5.41) is 16.9. The van der Waals surface area contributed by atoms with E-state index in [2.05, 4.69) is 25.6 Å². The molecule has 1 aromatic heterocycles. The van der Waals surface area contributed by atoms with Crippen molar-refractivity contribution >= 4 is 11.6 Å². The first kappa shape index (κ1) is 5.10. The maximum Gasteiger partial charge on any atom is 0.318 e. The van der Waals surface area contributed by atoms with Gasteiger partial charge in [-0.1, -0.05) is 0 Å². The fourth-order valence-corrected chi connectivity index (χ4v) is 0.636. The van der Waals surface area contributed by atoms with E-state index in [0.29, 0.717) is 5.69 Å². The minimum absolute atomic E-state index is 0.176. The molecule has 1 aliphatic heterocycles. The topological polar surface area (TPSA) is 80.5 Å². The third-order valence-corrected chi connectivity index (χ3v) is 1.07. The van der Waals surface area contributed by atoms with Crippen LogP contribution >= 0.6 is 0 Å². The summed E-state index contributed by atoms with van der Waals surface area (Å²) in [6, 6.07) is 0. The van der Waals surface area contributed by atoms with E-state index < -0.39 is 5.91 Å². The van der Waals surface area contributed by atoms with Gasteiger partial charge in [0.2, 0.25) is 0 Å². The molecule has 0 bridgehead atoms. The molecule has 6 heteroatoms. The van der Waals surface area contributed by atoms with Gasteiger partial charge in [-0.05, 0) is 5.21 Å². The highest BCUT2D eigenvalue weighted by Gasteiger charge is 2.18. The van der Waals surface area contributed by atoms with Gasteiger partial charge in [0, 0.05) is 0 Å². The van der Waals surface area contributed by atoms with Gasteiger partial charge in [0.15, 0.2) is 5.69 Å². The zero-order valence-electron chi connectivity index (χ0n) is 4.72. The summed E-state index contributed by atoms with van der Waals surface area (Å²) in [5.74, 6) is -0.454. The summed E-state index contributed by atoms with van der Waals surface area (Å²) < 4.78 is 0. The van der Waals surface area contributed by atoms with Gasteiger partial charge < -0.3 is 0 Å². The Bertz CT molecular complexity index is 319. The lowest BCUT2D eigenvalue weighted by atomic mass is 10.4. The van der Waals surface area contributed by atoms with Gasteiger partial charge in [0.25, 0.3) is 0 Å². The number of azo groups is 1. The average molecular weight is 135 g/mol. The van der Waals surface area contributed by atoms with E-state index in [9.17, 15) is 4.79 Å². The number of nitrogens with zero attached hydrogens (tertiary/aromatic N) is 5. The fourth-order valence-electron chi connectivity index (χ4n) is 0.636. The predicted octanol–water partition coefficient (Wildman–Crippen LogP) is 0.109. The summed E-state index contributed by atoms with van der Waals surface area (Å²) in [6.07, 6.45) is 1.34. The largest absolute Gasteiger partial charge is 0.318 e. The smallest absolute Gasteiger partial charge is 0.263 e. The molecule has 0 aromatic carbocycles. The van der Waals surface area contributed by atoms with Crippen molar-refractivity contribution in [2.75, 3.05) is 0 Å². The molecule has 10 heavy (non-hydrogen) atoms. The van der Waals surface area contributed by atoms with E-state index in [-0.39, 0.29) is 5.69 Å². The van der Waals surface area contributed by atoms with Crippen molar-refractivity contribution < 1.29 is 4.79 Å². The van der Waals surface area contributed by atoms with Crippen molar-refractivity contribution in [2.45, 2.75) is 0 Å². The Hall–Kier alpha value is -1.72. The quantitative estimate of drug-likeness (QED) is 0.505. The molecule has 0 unspecified atom stereocenters. The normalized spacial score (nSPS) is 13.8. The van der Waals surface area contributed by atoms with Crippen molar-refractivity contribution in [1.82, 2.24) is 15.4 Å². The first-order valence-corrected chi connectivity index (χ1v) is 2.52. The average Bonchev–Trinajstić information content (AvgIpc) is 2.34. The molecule has 2 heterocycles. The van der Waals surface area contributed by atoms with Crippen LogP contribution in [0.25, 0.3) is 0 Å².